The molecule has 0 bridgehead atoms. The van der Waals surface area contributed by atoms with Gasteiger partial charge in [-0.15, -0.1) is 0 Å². The van der Waals surface area contributed by atoms with E-state index in [1.807, 2.05) is 13.8 Å². The van der Waals surface area contributed by atoms with Crippen molar-refractivity contribution >= 4 is 35.0 Å². The molecule has 1 saturated heterocycles. The maximum absolute atomic E-state index is 12.7. The van der Waals surface area contributed by atoms with Crippen LogP contribution in [0.15, 0.2) is 18.2 Å². The zero-order valence-electron chi connectivity index (χ0n) is 15.0. The summed E-state index contributed by atoms with van der Waals surface area (Å²) in [5, 5.41) is 5.55. The molecule has 1 aliphatic rings. The number of hydrogen-bond acceptors (Lipinski definition) is 4. The van der Waals surface area contributed by atoms with Crippen LogP contribution in [0.4, 0.5) is 0 Å². The summed E-state index contributed by atoms with van der Waals surface area (Å²) in [4.78, 5) is 25.7. The highest BCUT2D eigenvalue weighted by atomic mass is 35.5. The second-order valence-electron chi connectivity index (χ2n) is 6.44. The van der Waals surface area contributed by atoms with Gasteiger partial charge in [-0.2, -0.15) is 5.10 Å². The van der Waals surface area contributed by atoms with Crippen LogP contribution in [0.2, 0.25) is 10.0 Å². The number of primary amides is 1. The van der Waals surface area contributed by atoms with E-state index in [0.29, 0.717) is 22.3 Å². The Kier molecular flexibility index (Phi) is 5.74. The third-order valence-corrected chi connectivity index (χ3v) is 5.18. The molecule has 1 fully saturated rings. The number of halogens is 2. The van der Waals surface area contributed by atoms with Crippen molar-refractivity contribution in [2.45, 2.75) is 26.4 Å². The number of amides is 2. The van der Waals surface area contributed by atoms with E-state index in [1.165, 1.54) is 0 Å². The molecule has 2 heterocycles. The maximum Gasteiger partial charge on any atom is 0.248 e. The van der Waals surface area contributed by atoms with E-state index in [4.69, 9.17) is 33.7 Å². The lowest BCUT2D eigenvalue weighted by molar-refractivity contribution is -0.145. The highest BCUT2D eigenvalue weighted by molar-refractivity contribution is 6.35. The molecule has 7 nitrogen and oxygen atoms in total. The number of carbonyl (C=O) groups excluding carboxylic acids is 2. The molecule has 0 spiro atoms. The lowest BCUT2D eigenvalue weighted by atomic mass is 10.1. The molecule has 2 aromatic rings. The average Bonchev–Trinajstić information content (AvgIpc) is 2.90. The molecule has 3 rings (SSSR count). The third kappa shape index (κ3) is 4.10. The van der Waals surface area contributed by atoms with E-state index >= 15 is 0 Å². The summed E-state index contributed by atoms with van der Waals surface area (Å²) in [6.45, 7) is 4.62. The number of ether oxygens (including phenoxy) is 1. The van der Waals surface area contributed by atoms with Gasteiger partial charge in [0.1, 0.15) is 0 Å². The fraction of sp³-hybridized carbons (Fsp3) is 0.389. The molecule has 0 saturated carbocycles. The van der Waals surface area contributed by atoms with Crippen molar-refractivity contribution in [1.29, 1.82) is 0 Å². The molecular formula is C18H20Cl2N4O3. The number of benzene rings is 1. The first-order valence-corrected chi connectivity index (χ1v) is 9.22. The summed E-state index contributed by atoms with van der Waals surface area (Å²) in [7, 11) is 0. The molecule has 0 radical (unpaired) electrons. The molecule has 1 atom stereocenters. The van der Waals surface area contributed by atoms with E-state index < -0.39 is 12.0 Å². The van der Waals surface area contributed by atoms with Crippen LogP contribution in [-0.4, -0.2) is 52.3 Å². The van der Waals surface area contributed by atoms with Gasteiger partial charge < -0.3 is 15.4 Å². The molecule has 9 heteroatoms. The van der Waals surface area contributed by atoms with Gasteiger partial charge in [0.2, 0.25) is 11.8 Å². The third-order valence-electron chi connectivity index (χ3n) is 4.64. The first-order chi connectivity index (χ1) is 12.8. The topological polar surface area (TPSA) is 90.4 Å². The van der Waals surface area contributed by atoms with Crippen molar-refractivity contribution < 1.29 is 14.3 Å². The minimum atomic E-state index is -0.763. The molecule has 1 aromatic heterocycles. The number of rotatable bonds is 4. The first-order valence-electron chi connectivity index (χ1n) is 8.47. The van der Waals surface area contributed by atoms with Gasteiger partial charge in [0, 0.05) is 22.8 Å². The van der Waals surface area contributed by atoms with Gasteiger partial charge in [-0.25, -0.2) is 4.68 Å². The molecule has 144 valence electrons. The minimum Gasteiger partial charge on any atom is -0.367 e. The number of nitrogens with zero attached hydrogens (tertiary/aromatic N) is 3. The molecule has 27 heavy (non-hydrogen) atoms. The van der Waals surface area contributed by atoms with Crippen molar-refractivity contribution in [3.05, 3.63) is 45.2 Å². The number of morpholine rings is 1. The second-order valence-corrected chi connectivity index (χ2v) is 7.28. The number of carbonyl (C=O) groups is 2. The lowest BCUT2D eigenvalue weighted by Gasteiger charge is -2.31. The summed E-state index contributed by atoms with van der Waals surface area (Å²) < 4.78 is 7.00. The summed E-state index contributed by atoms with van der Waals surface area (Å²) >= 11 is 12.3. The molecule has 1 aliphatic heterocycles. The monoisotopic (exact) mass is 410 g/mol. The zero-order valence-corrected chi connectivity index (χ0v) is 16.5. The molecule has 2 amide bonds. The van der Waals surface area contributed by atoms with E-state index in [-0.39, 0.29) is 25.5 Å². The summed E-state index contributed by atoms with van der Waals surface area (Å²) in [6.07, 6.45) is -0.588. The van der Waals surface area contributed by atoms with Gasteiger partial charge in [-0.05, 0) is 32.0 Å². The molecule has 2 N–H and O–H groups in total. The van der Waals surface area contributed by atoms with Crippen LogP contribution >= 0.6 is 23.2 Å². The standard InChI is InChI=1S/C18H20Cl2N4O3/c1-10-13(8-17(25)23-5-6-27-16(9-23)18(21)26)11(2)24(22-10)15-4-3-12(19)7-14(15)20/h3-4,7,16H,5-6,8-9H2,1-2H3,(H2,21,26). The largest absolute Gasteiger partial charge is 0.367 e. The molecule has 1 unspecified atom stereocenters. The van der Waals surface area contributed by atoms with Crippen molar-refractivity contribution in [2.75, 3.05) is 19.7 Å². The van der Waals surface area contributed by atoms with Gasteiger partial charge in [-0.1, -0.05) is 23.2 Å². The summed E-state index contributed by atoms with van der Waals surface area (Å²) in [6, 6.07) is 5.17. The van der Waals surface area contributed by atoms with Crippen LogP contribution in [0, 0.1) is 13.8 Å². The van der Waals surface area contributed by atoms with Gasteiger partial charge in [0.25, 0.3) is 0 Å². The van der Waals surface area contributed by atoms with Crippen molar-refractivity contribution in [3.8, 4) is 5.69 Å². The van der Waals surface area contributed by atoms with E-state index in [1.54, 1.807) is 27.8 Å². The molecular weight excluding hydrogens is 391 g/mol. The van der Waals surface area contributed by atoms with Crippen LogP contribution < -0.4 is 5.73 Å². The normalized spacial score (nSPS) is 17.2. The Hall–Kier alpha value is -2.09. The second kappa shape index (κ2) is 7.88. The Labute approximate surface area is 167 Å². The summed E-state index contributed by atoms with van der Waals surface area (Å²) in [5.41, 5.74) is 8.37. The Balaban J connectivity index is 1.82. The number of hydrogen-bond donors (Lipinski definition) is 1. The fourth-order valence-corrected chi connectivity index (χ4v) is 3.62. The highest BCUT2D eigenvalue weighted by Gasteiger charge is 2.28. The molecule has 1 aromatic carbocycles. The van der Waals surface area contributed by atoms with Gasteiger partial charge >= 0.3 is 0 Å². The SMILES string of the molecule is Cc1nn(-c2ccc(Cl)cc2Cl)c(C)c1CC(=O)N1CCOC(C(N)=O)C1. The zero-order chi connectivity index (χ0) is 19.7. The Morgan fingerprint density at radius 3 is 2.74 bits per heavy atom. The quantitative estimate of drug-likeness (QED) is 0.834. The maximum atomic E-state index is 12.7. The van der Waals surface area contributed by atoms with Gasteiger partial charge in [0.05, 0.1) is 36.0 Å². The minimum absolute atomic E-state index is 0.0995. The average molecular weight is 411 g/mol. The van der Waals surface area contributed by atoms with E-state index in [9.17, 15) is 9.59 Å². The first kappa shape index (κ1) is 19.7. The van der Waals surface area contributed by atoms with Crippen LogP contribution in [-0.2, 0) is 20.7 Å². The van der Waals surface area contributed by atoms with Crippen LogP contribution in [0.5, 0.6) is 0 Å². The highest BCUT2D eigenvalue weighted by Crippen LogP contribution is 2.27. The Morgan fingerprint density at radius 2 is 2.07 bits per heavy atom. The summed E-state index contributed by atoms with van der Waals surface area (Å²) in [5.74, 6) is -0.664. The van der Waals surface area contributed by atoms with Crippen LogP contribution in [0.1, 0.15) is 17.0 Å². The van der Waals surface area contributed by atoms with Crippen LogP contribution in [0.3, 0.4) is 0 Å². The Bertz CT molecular complexity index is 897. The van der Waals surface area contributed by atoms with Crippen molar-refractivity contribution in [2.24, 2.45) is 5.73 Å². The van der Waals surface area contributed by atoms with E-state index in [0.717, 1.165) is 17.0 Å². The lowest BCUT2D eigenvalue weighted by Crippen LogP contribution is -2.50. The van der Waals surface area contributed by atoms with Gasteiger partial charge in [0.15, 0.2) is 6.10 Å². The van der Waals surface area contributed by atoms with Crippen molar-refractivity contribution in [1.82, 2.24) is 14.7 Å². The van der Waals surface area contributed by atoms with Crippen molar-refractivity contribution in [3.63, 3.8) is 0 Å². The number of nitrogens with two attached hydrogens (primary N) is 1. The number of aromatic nitrogens is 2. The van der Waals surface area contributed by atoms with Gasteiger partial charge in [-0.3, -0.25) is 9.59 Å². The van der Waals surface area contributed by atoms with E-state index in [2.05, 4.69) is 5.10 Å². The smallest absolute Gasteiger partial charge is 0.248 e. The predicted molar refractivity (Wildman–Crippen MR) is 102 cm³/mol. The van der Waals surface area contributed by atoms with Crippen LogP contribution in [0.25, 0.3) is 5.69 Å². The fourth-order valence-electron chi connectivity index (χ4n) is 3.13. The predicted octanol–water partition coefficient (Wildman–Crippen LogP) is 2.05. The Morgan fingerprint density at radius 1 is 1.33 bits per heavy atom. The molecule has 0 aliphatic carbocycles. The number of aryl methyl sites for hydroxylation is 1.